The van der Waals surface area contributed by atoms with Crippen LogP contribution in [0.5, 0.6) is 0 Å². The largest absolute Gasteiger partial charge is 0.482 e. The van der Waals surface area contributed by atoms with Crippen LogP contribution in [0.4, 0.5) is 0 Å². The van der Waals surface area contributed by atoms with Gasteiger partial charge in [0.25, 0.3) is 11.8 Å². The fraction of sp³-hybridized carbons (Fsp3) is 0.389. The van der Waals surface area contributed by atoms with Gasteiger partial charge >= 0.3 is 0 Å². The van der Waals surface area contributed by atoms with Crippen molar-refractivity contribution in [2.75, 3.05) is 13.1 Å². The first-order valence-electron chi connectivity index (χ1n) is 15.2. The van der Waals surface area contributed by atoms with Crippen LogP contribution in [0.25, 0.3) is 6.08 Å². The molecule has 3 aromatic carbocycles. The number of rotatable bonds is 6. The lowest BCUT2D eigenvalue weighted by Crippen LogP contribution is -2.54. The van der Waals surface area contributed by atoms with Crippen molar-refractivity contribution in [3.05, 3.63) is 112 Å². The number of morpholine rings is 1. The van der Waals surface area contributed by atoms with Gasteiger partial charge in [0.2, 0.25) is 0 Å². The van der Waals surface area contributed by atoms with Crippen LogP contribution in [0.2, 0.25) is 0 Å². The van der Waals surface area contributed by atoms with E-state index in [0.29, 0.717) is 23.8 Å². The predicted octanol–water partition coefficient (Wildman–Crippen LogP) is 6.80. The second kappa shape index (κ2) is 12.3. The lowest BCUT2D eigenvalue weighted by atomic mass is 9.89. The fourth-order valence-electron chi connectivity index (χ4n) is 6.71. The van der Waals surface area contributed by atoms with Crippen molar-refractivity contribution < 1.29 is 14.3 Å². The van der Waals surface area contributed by atoms with Crippen LogP contribution in [0, 0.1) is 12.8 Å². The molecule has 6 rings (SSSR count). The maximum absolute atomic E-state index is 13.7. The summed E-state index contributed by atoms with van der Waals surface area (Å²) in [6.45, 7) is 4.27. The van der Waals surface area contributed by atoms with Crippen LogP contribution in [-0.2, 0) is 22.5 Å². The highest BCUT2D eigenvalue weighted by atomic mass is 16.5. The third-order valence-electron chi connectivity index (χ3n) is 8.98. The van der Waals surface area contributed by atoms with Gasteiger partial charge in [0, 0.05) is 25.2 Å². The van der Waals surface area contributed by atoms with Gasteiger partial charge in [-0.1, -0.05) is 78.7 Å². The molecule has 1 aliphatic carbocycles. The van der Waals surface area contributed by atoms with Gasteiger partial charge < -0.3 is 14.5 Å². The molecular weight excluding hydrogens is 508 g/mol. The first kappa shape index (κ1) is 27.3. The van der Waals surface area contributed by atoms with Crippen LogP contribution in [0.3, 0.4) is 0 Å². The van der Waals surface area contributed by atoms with E-state index in [1.54, 1.807) is 0 Å². The van der Waals surface area contributed by atoms with Gasteiger partial charge in [-0.3, -0.25) is 9.59 Å². The molecule has 2 aliphatic heterocycles. The number of benzene rings is 3. The zero-order chi connectivity index (χ0) is 28.2. The molecule has 1 saturated carbocycles. The Morgan fingerprint density at radius 2 is 1.61 bits per heavy atom. The van der Waals surface area contributed by atoms with Crippen molar-refractivity contribution in [3.8, 4) is 0 Å². The van der Waals surface area contributed by atoms with Crippen molar-refractivity contribution in [1.29, 1.82) is 0 Å². The topological polar surface area (TPSA) is 49.9 Å². The number of hydrogen-bond donors (Lipinski definition) is 0. The Balaban J connectivity index is 1.11. The minimum absolute atomic E-state index is 0.0307. The van der Waals surface area contributed by atoms with E-state index in [-0.39, 0.29) is 24.0 Å². The smallest absolute Gasteiger partial charge is 0.289 e. The number of carbonyl (C=O) groups excluding carboxylic acids is 2. The van der Waals surface area contributed by atoms with E-state index in [1.807, 2.05) is 40.1 Å². The second-order valence-corrected chi connectivity index (χ2v) is 12.0. The number of fused-ring (bicyclic) bond motifs is 1. The van der Waals surface area contributed by atoms with Crippen LogP contribution in [0.1, 0.15) is 71.1 Å². The standard InChI is InChI=1S/C36H40N2O3/c1-26-8-7-11-30(22-26)25-38-32-12-5-6-13-33(32)41-34(36(38)40)24-28-14-16-31(17-15-28)35(39)37-20-18-29(19-21-37)23-27-9-3-2-4-10-27/h2-4,7-11,14-17,22,24,29,32-33H,5-6,12-13,18-21,23,25H2,1H3/b34-24+. The number of aryl methyl sites for hydroxylation is 1. The van der Waals surface area contributed by atoms with Gasteiger partial charge in [0.15, 0.2) is 5.76 Å². The molecule has 0 radical (unpaired) electrons. The van der Waals surface area contributed by atoms with E-state index >= 15 is 0 Å². The lowest BCUT2D eigenvalue weighted by Gasteiger charge is -2.44. The molecule has 2 heterocycles. The zero-order valence-corrected chi connectivity index (χ0v) is 24.0. The van der Waals surface area contributed by atoms with Crippen molar-refractivity contribution >= 4 is 17.9 Å². The van der Waals surface area contributed by atoms with Crippen LogP contribution < -0.4 is 0 Å². The molecule has 0 spiro atoms. The Bertz CT molecular complexity index is 1390. The van der Waals surface area contributed by atoms with Crippen LogP contribution in [0.15, 0.2) is 84.6 Å². The number of piperidine rings is 1. The van der Waals surface area contributed by atoms with Crippen molar-refractivity contribution in [2.45, 2.75) is 70.6 Å². The number of likely N-dealkylation sites (tertiary alicyclic amines) is 1. The quantitative estimate of drug-likeness (QED) is 0.318. The van der Waals surface area contributed by atoms with Gasteiger partial charge in [-0.2, -0.15) is 0 Å². The third-order valence-corrected chi connectivity index (χ3v) is 8.98. The average molecular weight is 549 g/mol. The summed E-state index contributed by atoms with van der Waals surface area (Å²) in [5.74, 6) is 1.06. The number of amides is 2. The molecular formula is C36H40N2O3. The molecule has 5 nitrogen and oxygen atoms in total. The SMILES string of the molecule is Cc1cccc(CN2C(=O)/C(=C\c3ccc(C(=O)N4CCC(Cc5ccccc5)CC4)cc3)OC3CCCCC32)c1. The molecule has 0 aromatic heterocycles. The first-order valence-corrected chi connectivity index (χ1v) is 15.2. The van der Waals surface area contributed by atoms with Crippen LogP contribution >= 0.6 is 0 Å². The molecule has 3 aliphatic rings. The third kappa shape index (κ3) is 6.40. The fourth-order valence-corrected chi connectivity index (χ4v) is 6.71. The summed E-state index contributed by atoms with van der Waals surface area (Å²) < 4.78 is 6.32. The highest BCUT2D eigenvalue weighted by Gasteiger charge is 2.41. The molecule has 2 atom stereocenters. The minimum atomic E-state index is -0.0480. The Labute approximate surface area is 243 Å². The van der Waals surface area contributed by atoms with E-state index in [2.05, 4.69) is 61.5 Å². The highest BCUT2D eigenvalue weighted by molar-refractivity contribution is 5.97. The molecule has 2 unspecified atom stereocenters. The van der Waals surface area contributed by atoms with Crippen molar-refractivity contribution in [3.63, 3.8) is 0 Å². The molecule has 3 fully saturated rings. The van der Waals surface area contributed by atoms with E-state index in [1.165, 1.54) is 11.1 Å². The molecule has 0 N–H and O–H groups in total. The van der Waals surface area contributed by atoms with Gasteiger partial charge in [-0.15, -0.1) is 0 Å². The number of ether oxygens (including phenoxy) is 1. The monoisotopic (exact) mass is 548 g/mol. The molecule has 3 aromatic rings. The van der Waals surface area contributed by atoms with Gasteiger partial charge in [-0.25, -0.2) is 0 Å². The van der Waals surface area contributed by atoms with Crippen LogP contribution in [-0.4, -0.2) is 46.8 Å². The van der Waals surface area contributed by atoms with Crippen molar-refractivity contribution in [2.24, 2.45) is 5.92 Å². The summed E-state index contributed by atoms with van der Waals surface area (Å²) in [7, 11) is 0. The maximum Gasteiger partial charge on any atom is 0.289 e. The van der Waals surface area contributed by atoms with Gasteiger partial charge in [0.1, 0.15) is 6.10 Å². The maximum atomic E-state index is 13.7. The highest BCUT2D eigenvalue weighted by Crippen LogP contribution is 2.34. The van der Waals surface area contributed by atoms with Gasteiger partial charge in [0.05, 0.1) is 6.04 Å². The average Bonchev–Trinajstić information content (AvgIpc) is 3.00. The van der Waals surface area contributed by atoms with E-state index in [4.69, 9.17) is 4.74 Å². The van der Waals surface area contributed by atoms with Crippen molar-refractivity contribution in [1.82, 2.24) is 9.80 Å². The minimum Gasteiger partial charge on any atom is -0.482 e. The molecule has 5 heteroatoms. The zero-order valence-electron chi connectivity index (χ0n) is 24.0. The van der Waals surface area contributed by atoms with E-state index < -0.39 is 0 Å². The predicted molar refractivity (Wildman–Crippen MR) is 162 cm³/mol. The molecule has 2 amide bonds. The summed E-state index contributed by atoms with van der Waals surface area (Å²) in [6, 6.07) is 26.8. The number of hydrogen-bond acceptors (Lipinski definition) is 3. The molecule has 2 saturated heterocycles. The second-order valence-electron chi connectivity index (χ2n) is 12.0. The molecule has 0 bridgehead atoms. The van der Waals surface area contributed by atoms with E-state index in [9.17, 15) is 9.59 Å². The Hall–Kier alpha value is -3.86. The number of carbonyl (C=O) groups is 2. The summed E-state index contributed by atoms with van der Waals surface area (Å²) in [4.78, 5) is 30.9. The Morgan fingerprint density at radius 3 is 2.37 bits per heavy atom. The Morgan fingerprint density at radius 1 is 0.878 bits per heavy atom. The summed E-state index contributed by atoms with van der Waals surface area (Å²) in [5, 5.41) is 0. The summed E-state index contributed by atoms with van der Waals surface area (Å²) in [6.07, 6.45) is 9.23. The van der Waals surface area contributed by atoms with Gasteiger partial charge in [-0.05, 0) is 86.3 Å². The van der Waals surface area contributed by atoms with E-state index in [0.717, 1.165) is 69.2 Å². The molecule has 212 valence electrons. The first-order chi connectivity index (χ1) is 20.0. The summed E-state index contributed by atoms with van der Waals surface area (Å²) in [5.41, 5.74) is 5.29. The number of nitrogens with zero attached hydrogens (tertiary/aromatic N) is 2. The summed E-state index contributed by atoms with van der Waals surface area (Å²) >= 11 is 0. The normalized spacial score (nSPS) is 22.4. The Kier molecular flexibility index (Phi) is 8.22. The molecule has 41 heavy (non-hydrogen) atoms. The lowest BCUT2D eigenvalue weighted by molar-refractivity contribution is -0.149.